The van der Waals surface area contributed by atoms with E-state index in [9.17, 15) is 9.59 Å². The summed E-state index contributed by atoms with van der Waals surface area (Å²) in [6.45, 7) is 8.82. The molecular weight excluding hydrogens is 282 g/mol. The number of hydrogen-bond acceptors (Lipinski definition) is 4. The number of amides is 1. The molecule has 0 N–H and O–H groups in total. The van der Waals surface area contributed by atoms with Crippen LogP contribution in [0.15, 0.2) is 0 Å². The van der Waals surface area contributed by atoms with Gasteiger partial charge < -0.3 is 9.47 Å². The van der Waals surface area contributed by atoms with E-state index in [1.54, 1.807) is 0 Å². The van der Waals surface area contributed by atoms with Crippen LogP contribution in [0.5, 0.6) is 0 Å². The van der Waals surface area contributed by atoms with Gasteiger partial charge >= 0.3 is 6.09 Å². The predicted molar refractivity (Wildman–Crippen MR) is 85.9 cm³/mol. The van der Waals surface area contributed by atoms with Crippen molar-refractivity contribution < 1.29 is 19.1 Å². The highest BCUT2D eigenvalue weighted by Crippen LogP contribution is 2.17. The standard InChI is InChI=1S/C17H31NO4/c1-5-6-7-8-9-10-15(19)14-13-21-12-11-18(14)16(20)22-17(2,3)4/h14H,5-13H2,1-4H3. The Kier molecular flexibility index (Phi) is 7.87. The largest absolute Gasteiger partial charge is 0.444 e. The number of carbonyl (C=O) groups excluding carboxylic acids is 2. The fourth-order valence-corrected chi connectivity index (χ4v) is 2.48. The number of hydrogen-bond donors (Lipinski definition) is 0. The van der Waals surface area contributed by atoms with Crippen molar-refractivity contribution in [3.8, 4) is 0 Å². The van der Waals surface area contributed by atoms with E-state index >= 15 is 0 Å². The minimum atomic E-state index is -0.552. The fourth-order valence-electron chi connectivity index (χ4n) is 2.48. The summed E-state index contributed by atoms with van der Waals surface area (Å²) in [4.78, 5) is 26.2. The highest BCUT2D eigenvalue weighted by Gasteiger charge is 2.34. The van der Waals surface area contributed by atoms with Gasteiger partial charge in [0.05, 0.1) is 13.2 Å². The molecule has 1 amide bonds. The van der Waals surface area contributed by atoms with E-state index in [0.717, 1.165) is 12.8 Å². The van der Waals surface area contributed by atoms with E-state index in [1.807, 2.05) is 20.8 Å². The first-order valence-corrected chi connectivity index (χ1v) is 8.45. The normalized spacial score (nSPS) is 19.1. The van der Waals surface area contributed by atoms with Crippen LogP contribution < -0.4 is 0 Å². The molecule has 1 unspecified atom stereocenters. The summed E-state index contributed by atoms with van der Waals surface area (Å²) in [5, 5.41) is 0. The van der Waals surface area contributed by atoms with E-state index in [0.29, 0.717) is 19.6 Å². The Labute approximate surface area is 134 Å². The first-order chi connectivity index (χ1) is 10.3. The molecule has 5 heteroatoms. The van der Waals surface area contributed by atoms with E-state index in [2.05, 4.69) is 6.92 Å². The van der Waals surface area contributed by atoms with Crippen molar-refractivity contribution in [1.82, 2.24) is 4.90 Å². The molecule has 0 aromatic heterocycles. The van der Waals surface area contributed by atoms with Crippen LogP contribution in [0.1, 0.15) is 66.2 Å². The molecular formula is C17H31NO4. The molecule has 5 nitrogen and oxygen atoms in total. The van der Waals surface area contributed by atoms with Gasteiger partial charge in [0.25, 0.3) is 0 Å². The quantitative estimate of drug-likeness (QED) is 0.674. The van der Waals surface area contributed by atoms with Gasteiger partial charge in [-0.15, -0.1) is 0 Å². The molecule has 1 fully saturated rings. The number of nitrogens with zero attached hydrogens (tertiary/aromatic N) is 1. The highest BCUT2D eigenvalue weighted by molar-refractivity contribution is 5.87. The number of morpholine rings is 1. The summed E-state index contributed by atoms with van der Waals surface area (Å²) >= 11 is 0. The number of ether oxygens (including phenoxy) is 2. The van der Waals surface area contributed by atoms with Crippen molar-refractivity contribution in [2.24, 2.45) is 0 Å². The Balaban J connectivity index is 2.50. The molecule has 0 saturated carbocycles. The third kappa shape index (κ3) is 6.77. The van der Waals surface area contributed by atoms with Gasteiger partial charge in [0.2, 0.25) is 0 Å². The maximum Gasteiger partial charge on any atom is 0.411 e. The first-order valence-electron chi connectivity index (χ1n) is 8.45. The van der Waals surface area contributed by atoms with E-state index < -0.39 is 17.7 Å². The summed E-state index contributed by atoms with van der Waals surface area (Å²) in [5.74, 6) is 0.0852. The summed E-state index contributed by atoms with van der Waals surface area (Å²) in [6.07, 6.45) is 5.62. The van der Waals surface area contributed by atoms with E-state index in [4.69, 9.17) is 9.47 Å². The van der Waals surface area contributed by atoms with Gasteiger partial charge in [0, 0.05) is 13.0 Å². The molecule has 0 bridgehead atoms. The van der Waals surface area contributed by atoms with Crippen molar-refractivity contribution in [3.05, 3.63) is 0 Å². The van der Waals surface area contributed by atoms with Gasteiger partial charge in [-0.25, -0.2) is 4.79 Å². The summed E-state index contributed by atoms with van der Waals surface area (Å²) in [7, 11) is 0. The third-order valence-corrected chi connectivity index (χ3v) is 3.65. The molecule has 1 aliphatic rings. The molecule has 0 aliphatic carbocycles. The van der Waals surface area contributed by atoms with Gasteiger partial charge in [0.1, 0.15) is 11.6 Å². The lowest BCUT2D eigenvalue weighted by Gasteiger charge is -2.35. The monoisotopic (exact) mass is 313 g/mol. The minimum Gasteiger partial charge on any atom is -0.444 e. The zero-order chi connectivity index (χ0) is 16.6. The van der Waals surface area contributed by atoms with Crippen LogP contribution in [0.2, 0.25) is 0 Å². The van der Waals surface area contributed by atoms with Crippen LogP contribution in [0.25, 0.3) is 0 Å². The van der Waals surface area contributed by atoms with Crippen LogP contribution in [-0.4, -0.2) is 48.2 Å². The van der Waals surface area contributed by atoms with Gasteiger partial charge in [0.15, 0.2) is 5.78 Å². The van der Waals surface area contributed by atoms with E-state index in [1.165, 1.54) is 24.2 Å². The van der Waals surface area contributed by atoms with Gasteiger partial charge in [-0.2, -0.15) is 0 Å². The molecule has 22 heavy (non-hydrogen) atoms. The molecule has 0 spiro atoms. The van der Waals surface area contributed by atoms with Crippen LogP contribution in [-0.2, 0) is 14.3 Å². The molecule has 128 valence electrons. The van der Waals surface area contributed by atoms with Gasteiger partial charge in [-0.3, -0.25) is 9.69 Å². The van der Waals surface area contributed by atoms with Crippen LogP contribution in [0.4, 0.5) is 4.79 Å². The number of unbranched alkanes of at least 4 members (excludes halogenated alkanes) is 4. The Morgan fingerprint density at radius 1 is 1.18 bits per heavy atom. The maximum atomic E-state index is 12.4. The van der Waals surface area contributed by atoms with E-state index in [-0.39, 0.29) is 12.4 Å². The van der Waals surface area contributed by atoms with Crippen molar-refractivity contribution in [3.63, 3.8) is 0 Å². The zero-order valence-corrected chi connectivity index (χ0v) is 14.5. The summed E-state index contributed by atoms with van der Waals surface area (Å²) in [6, 6.07) is -0.491. The van der Waals surface area contributed by atoms with Crippen LogP contribution >= 0.6 is 0 Å². The average Bonchev–Trinajstić information content (AvgIpc) is 2.45. The summed E-state index contributed by atoms with van der Waals surface area (Å²) in [5.41, 5.74) is -0.552. The molecule has 1 rings (SSSR count). The van der Waals surface area contributed by atoms with Gasteiger partial charge in [-0.1, -0.05) is 32.6 Å². The van der Waals surface area contributed by atoms with Crippen molar-refractivity contribution in [2.75, 3.05) is 19.8 Å². The highest BCUT2D eigenvalue weighted by atomic mass is 16.6. The fraction of sp³-hybridized carbons (Fsp3) is 0.882. The molecule has 0 aromatic carbocycles. The lowest BCUT2D eigenvalue weighted by Crippen LogP contribution is -2.53. The first kappa shape index (κ1) is 18.9. The second-order valence-corrected chi connectivity index (χ2v) is 6.89. The van der Waals surface area contributed by atoms with Crippen LogP contribution in [0, 0.1) is 0 Å². The van der Waals surface area contributed by atoms with Crippen molar-refractivity contribution in [2.45, 2.75) is 77.9 Å². The lowest BCUT2D eigenvalue weighted by molar-refractivity contribution is -0.130. The van der Waals surface area contributed by atoms with Crippen LogP contribution in [0.3, 0.4) is 0 Å². The Hall–Kier alpha value is -1.10. The Bertz CT molecular complexity index is 362. The molecule has 1 aliphatic heterocycles. The lowest BCUT2D eigenvalue weighted by atomic mass is 10.0. The smallest absolute Gasteiger partial charge is 0.411 e. The van der Waals surface area contributed by atoms with Crippen molar-refractivity contribution >= 4 is 11.9 Å². The maximum absolute atomic E-state index is 12.4. The Morgan fingerprint density at radius 3 is 2.50 bits per heavy atom. The topological polar surface area (TPSA) is 55.8 Å². The number of rotatable bonds is 7. The average molecular weight is 313 g/mol. The third-order valence-electron chi connectivity index (χ3n) is 3.65. The Morgan fingerprint density at radius 2 is 1.86 bits per heavy atom. The predicted octanol–water partition coefficient (Wildman–Crippen LogP) is 3.55. The molecule has 1 heterocycles. The number of carbonyl (C=O) groups is 2. The molecule has 0 aromatic rings. The molecule has 1 saturated heterocycles. The summed E-state index contributed by atoms with van der Waals surface area (Å²) < 4.78 is 10.8. The van der Waals surface area contributed by atoms with Crippen molar-refractivity contribution in [1.29, 1.82) is 0 Å². The number of ketones is 1. The number of Topliss-reactive ketones (excluding diaryl/α,β-unsaturated/α-hetero) is 1. The second-order valence-electron chi connectivity index (χ2n) is 6.89. The zero-order valence-electron chi connectivity index (χ0n) is 14.5. The molecule has 0 radical (unpaired) electrons. The SMILES string of the molecule is CCCCCCCC(=O)C1COCCN1C(=O)OC(C)(C)C. The molecule has 1 atom stereocenters. The van der Waals surface area contributed by atoms with Gasteiger partial charge in [-0.05, 0) is 27.2 Å². The second kappa shape index (κ2) is 9.13. The minimum absolute atomic E-state index is 0.0852.